The van der Waals surface area contributed by atoms with Crippen molar-refractivity contribution in [2.24, 2.45) is 0 Å². The van der Waals surface area contributed by atoms with Crippen molar-refractivity contribution in [2.75, 3.05) is 25.0 Å². The van der Waals surface area contributed by atoms with Gasteiger partial charge in [0, 0.05) is 6.07 Å². The van der Waals surface area contributed by atoms with Crippen LogP contribution in [0.1, 0.15) is 32.4 Å². The maximum atomic E-state index is 11.7. The summed E-state index contributed by atoms with van der Waals surface area (Å²) in [6.07, 6.45) is 0. The van der Waals surface area contributed by atoms with Crippen molar-refractivity contribution in [1.82, 2.24) is 10.1 Å². The Labute approximate surface area is 111 Å². The number of aliphatic carboxylic acids is 1. The third-order valence-corrected chi connectivity index (χ3v) is 2.56. The SMILES string of the molecule is CCN(CC(=O)O)CC(=O)Nc1cc(C(C)C)no1. The van der Waals surface area contributed by atoms with Gasteiger partial charge in [0.05, 0.1) is 18.8 Å². The van der Waals surface area contributed by atoms with Crippen LogP contribution in [0.15, 0.2) is 10.6 Å². The van der Waals surface area contributed by atoms with E-state index in [0.29, 0.717) is 6.54 Å². The van der Waals surface area contributed by atoms with Crippen molar-refractivity contribution in [3.63, 3.8) is 0 Å². The van der Waals surface area contributed by atoms with Gasteiger partial charge in [0.25, 0.3) is 0 Å². The first-order valence-electron chi connectivity index (χ1n) is 6.13. The number of carbonyl (C=O) groups excluding carboxylic acids is 1. The number of rotatable bonds is 7. The van der Waals surface area contributed by atoms with E-state index in [2.05, 4.69) is 10.5 Å². The van der Waals surface area contributed by atoms with Crippen molar-refractivity contribution in [1.29, 1.82) is 0 Å². The van der Waals surface area contributed by atoms with Crippen molar-refractivity contribution in [3.05, 3.63) is 11.8 Å². The third-order valence-electron chi connectivity index (χ3n) is 2.56. The molecule has 0 aliphatic rings. The molecule has 0 aromatic carbocycles. The summed E-state index contributed by atoms with van der Waals surface area (Å²) in [6.45, 7) is 6.04. The Kier molecular flexibility index (Phi) is 5.50. The average molecular weight is 269 g/mol. The average Bonchev–Trinajstić information content (AvgIpc) is 2.75. The Morgan fingerprint density at radius 2 is 2.16 bits per heavy atom. The topological polar surface area (TPSA) is 95.7 Å². The molecular weight excluding hydrogens is 250 g/mol. The number of likely N-dealkylation sites (N-methyl/N-ethyl adjacent to an activating group) is 1. The molecule has 0 fully saturated rings. The van der Waals surface area contributed by atoms with Gasteiger partial charge in [0.15, 0.2) is 0 Å². The van der Waals surface area contributed by atoms with Gasteiger partial charge in [-0.15, -0.1) is 0 Å². The highest BCUT2D eigenvalue weighted by atomic mass is 16.5. The fraction of sp³-hybridized carbons (Fsp3) is 0.583. The number of anilines is 1. The number of carbonyl (C=O) groups is 2. The number of carboxylic acid groups (broad SMARTS) is 1. The van der Waals surface area contributed by atoms with Crippen LogP contribution in [0, 0.1) is 0 Å². The molecule has 7 heteroatoms. The summed E-state index contributed by atoms with van der Waals surface area (Å²) in [7, 11) is 0. The third kappa shape index (κ3) is 5.09. The zero-order chi connectivity index (χ0) is 14.4. The Hall–Kier alpha value is -1.89. The fourth-order valence-corrected chi connectivity index (χ4v) is 1.47. The smallest absolute Gasteiger partial charge is 0.317 e. The highest BCUT2D eigenvalue weighted by Gasteiger charge is 2.14. The molecule has 7 nitrogen and oxygen atoms in total. The predicted octanol–water partition coefficient (Wildman–Crippen LogP) is 1.14. The molecule has 0 radical (unpaired) electrons. The Bertz CT molecular complexity index is 442. The standard InChI is InChI=1S/C12H19N3O4/c1-4-15(7-12(17)18)6-10(16)13-11-5-9(8(2)3)14-19-11/h5,8H,4,6-7H2,1-3H3,(H,13,16)(H,17,18). The van der Waals surface area contributed by atoms with Gasteiger partial charge in [-0.05, 0) is 12.5 Å². The molecule has 106 valence electrons. The van der Waals surface area contributed by atoms with E-state index in [1.807, 2.05) is 13.8 Å². The number of carboxylic acids is 1. The molecule has 0 unspecified atom stereocenters. The molecule has 19 heavy (non-hydrogen) atoms. The summed E-state index contributed by atoms with van der Waals surface area (Å²) in [5.74, 6) is -0.792. The molecule has 0 spiro atoms. The molecule has 1 amide bonds. The summed E-state index contributed by atoms with van der Waals surface area (Å²) in [4.78, 5) is 23.8. The summed E-state index contributed by atoms with van der Waals surface area (Å²) >= 11 is 0. The largest absolute Gasteiger partial charge is 0.480 e. The van der Waals surface area contributed by atoms with Crippen LogP contribution in [0.3, 0.4) is 0 Å². The Morgan fingerprint density at radius 3 is 2.63 bits per heavy atom. The van der Waals surface area contributed by atoms with Gasteiger partial charge in [-0.25, -0.2) is 0 Å². The lowest BCUT2D eigenvalue weighted by atomic mass is 10.1. The summed E-state index contributed by atoms with van der Waals surface area (Å²) in [5.41, 5.74) is 0.758. The zero-order valence-corrected chi connectivity index (χ0v) is 11.3. The van der Waals surface area contributed by atoms with Gasteiger partial charge >= 0.3 is 5.97 Å². The second kappa shape index (κ2) is 6.89. The molecule has 0 aliphatic heterocycles. The van der Waals surface area contributed by atoms with Crippen LogP contribution < -0.4 is 5.32 Å². The van der Waals surface area contributed by atoms with E-state index < -0.39 is 5.97 Å². The maximum Gasteiger partial charge on any atom is 0.317 e. The summed E-state index contributed by atoms with van der Waals surface area (Å²) < 4.78 is 4.98. The van der Waals surface area contributed by atoms with E-state index >= 15 is 0 Å². The van der Waals surface area contributed by atoms with E-state index in [1.54, 1.807) is 13.0 Å². The zero-order valence-electron chi connectivity index (χ0n) is 11.3. The second-order valence-electron chi connectivity index (χ2n) is 4.52. The Balaban J connectivity index is 2.51. The van der Waals surface area contributed by atoms with E-state index in [0.717, 1.165) is 5.69 Å². The number of nitrogens with one attached hydrogen (secondary N) is 1. The molecule has 0 saturated heterocycles. The van der Waals surface area contributed by atoms with E-state index in [-0.39, 0.29) is 30.8 Å². The van der Waals surface area contributed by atoms with Crippen LogP contribution in [0.25, 0.3) is 0 Å². The number of aromatic nitrogens is 1. The lowest BCUT2D eigenvalue weighted by molar-refractivity contribution is -0.138. The molecule has 0 bridgehead atoms. The molecule has 1 rings (SSSR count). The molecule has 2 N–H and O–H groups in total. The first-order chi connectivity index (χ1) is 8.92. The van der Waals surface area contributed by atoms with Crippen molar-refractivity contribution < 1.29 is 19.2 Å². The van der Waals surface area contributed by atoms with Gasteiger partial charge in [-0.2, -0.15) is 0 Å². The van der Waals surface area contributed by atoms with Crippen LogP contribution >= 0.6 is 0 Å². The Morgan fingerprint density at radius 1 is 1.47 bits per heavy atom. The van der Waals surface area contributed by atoms with Gasteiger partial charge < -0.3 is 9.63 Å². The highest BCUT2D eigenvalue weighted by Crippen LogP contribution is 2.17. The lowest BCUT2D eigenvalue weighted by Crippen LogP contribution is -2.36. The molecular formula is C12H19N3O4. The van der Waals surface area contributed by atoms with Gasteiger partial charge in [-0.1, -0.05) is 25.9 Å². The van der Waals surface area contributed by atoms with E-state index in [1.165, 1.54) is 4.90 Å². The van der Waals surface area contributed by atoms with Crippen LogP contribution in [0.5, 0.6) is 0 Å². The van der Waals surface area contributed by atoms with Crippen molar-refractivity contribution >= 4 is 17.8 Å². The first-order valence-corrected chi connectivity index (χ1v) is 6.13. The minimum absolute atomic E-state index is 0.000508. The van der Waals surface area contributed by atoms with Crippen LogP contribution in [-0.2, 0) is 9.59 Å². The normalized spacial score (nSPS) is 11.0. The van der Waals surface area contributed by atoms with Gasteiger partial charge in [0.1, 0.15) is 0 Å². The minimum atomic E-state index is -0.962. The van der Waals surface area contributed by atoms with Crippen LogP contribution in [0.4, 0.5) is 5.88 Å². The number of hydrogen-bond donors (Lipinski definition) is 2. The van der Waals surface area contributed by atoms with Crippen LogP contribution in [0.2, 0.25) is 0 Å². The summed E-state index contributed by atoms with van der Waals surface area (Å²) in [6, 6.07) is 1.66. The molecule has 1 aromatic heterocycles. The molecule has 1 heterocycles. The number of amides is 1. The lowest BCUT2D eigenvalue weighted by Gasteiger charge is -2.16. The van der Waals surface area contributed by atoms with E-state index in [9.17, 15) is 9.59 Å². The maximum absolute atomic E-state index is 11.7. The molecule has 0 atom stereocenters. The highest BCUT2D eigenvalue weighted by molar-refractivity contribution is 5.91. The molecule has 1 aromatic rings. The van der Waals surface area contributed by atoms with Gasteiger partial charge in [0.2, 0.25) is 11.8 Å². The number of nitrogens with zero attached hydrogens (tertiary/aromatic N) is 2. The van der Waals surface area contributed by atoms with E-state index in [4.69, 9.17) is 9.63 Å². The van der Waals surface area contributed by atoms with Crippen molar-refractivity contribution in [2.45, 2.75) is 26.7 Å². The van der Waals surface area contributed by atoms with Crippen LogP contribution in [-0.4, -0.2) is 46.7 Å². The molecule has 0 saturated carbocycles. The first kappa shape index (κ1) is 15.2. The quantitative estimate of drug-likeness (QED) is 0.770. The van der Waals surface area contributed by atoms with Crippen molar-refractivity contribution in [3.8, 4) is 0 Å². The number of hydrogen-bond acceptors (Lipinski definition) is 5. The predicted molar refractivity (Wildman–Crippen MR) is 69.0 cm³/mol. The molecule has 0 aliphatic carbocycles. The van der Waals surface area contributed by atoms with Gasteiger partial charge in [-0.3, -0.25) is 19.8 Å². The summed E-state index contributed by atoms with van der Waals surface area (Å²) in [5, 5.41) is 15.1. The fourth-order valence-electron chi connectivity index (χ4n) is 1.47. The monoisotopic (exact) mass is 269 g/mol. The second-order valence-corrected chi connectivity index (χ2v) is 4.52. The minimum Gasteiger partial charge on any atom is -0.480 e.